The Morgan fingerprint density at radius 3 is 2.41 bits per heavy atom. The maximum Gasteiger partial charge on any atom is 0.408 e. The van der Waals surface area contributed by atoms with E-state index in [9.17, 15) is 19.2 Å². The molecule has 1 unspecified atom stereocenters. The van der Waals surface area contributed by atoms with Crippen LogP contribution in [-0.2, 0) is 14.3 Å². The Bertz CT molecular complexity index is 1380. The average molecular weight is 537 g/mol. The predicted octanol–water partition coefficient (Wildman–Crippen LogP) is 3.58. The molecule has 1 aromatic heterocycles. The monoisotopic (exact) mass is 536 g/mol. The molecule has 3 aromatic rings. The molecule has 0 bridgehead atoms. The van der Waals surface area contributed by atoms with E-state index in [4.69, 9.17) is 15.2 Å². The SMILES string of the molecule is COc1ccc2c(=O)cc(-c3ccccc3)[nH]c2c1.C[C@H](NC(=O)OC(C)(C)C)C(=O)N1CCCC1C(N)=O. The van der Waals surface area contributed by atoms with Gasteiger partial charge in [-0.3, -0.25) is 14.4 Å². The second kappa shape index (κ2) is 12.5. The van der Waals surface area contributed by atoms with Crippen LogP contribution in [0.25, 0.3) is 22.2 Å². The molecule has 3 amide bonds. The first kappa shape index (κ1) is 29.2. The fourth-order valence-corrected chi connectivity index (χ4v) is 4.25. The molecule has 0 aliphatic carbocycles. The van der Waals surface area contributed by atoms with Crippen LogP contribution in [-0.4, -0.2) is 59.1 Å². The van der Waals surface area contributed by atoms with Crippen LogP contribution in [0.2, 0.25) is 0 Å². The topological polar surface area (TPSA) is 144 Å². The van der Waals surface area contributed by atoms with Gasteiger partial charge >= 0.3 is 6.09 Å². The van der Waals surface area contributed by atoms with E-state index >= 15 is 0 Å². The van der Waals surface area contributed by atoms with E-state index in [0.29, 0.717) is 18.4 Å². The molecule has 1 aliphatic rings. The molecule has 2 heterocycles. The molecular formula is C29H36N4O6. The number of carbonyl (C=O) groups excluding carboxylic acids is 3. The van der Waals surface area contributed by atoms with Gasteiger partial charge in [-0.05, 0) is 58.2 Å². The number of benzene rings is 2. The van der Waals surface area contributed by atoms with Crippen molar-refractivity contribution >= 4 is 28.8 Å². The highest BCUT2D eigenvalue weighted by atomic mass is 16.6. The van der Waals surface area contributed by atoms with E-state index in [2.05, 4.69) is 10.3 Å². The molecule has 1 aliphatic heterocycles. The molecule has 39 heavy (non-hydrogen) atoms. The molecule has 4 rings (SSSR count). The molecule has 0 saturated carbocycles. The third-order valence-corrected chi connectivity index (χ3v) is 6.09. The van der Waals surface area contributed by atoms with Crippen molar-refractivity contribution in [3.05, 3.63) is 64.8 Å². The highest BCUT2D eigenvalue weighted by molar-refractivity contribution is 5.91. The summed E-state index contributed by atoms with van der Waals surface area (Å²) in [6.07, 6.45) is 0.645. The largest absolute Gasteiger partial charge is 0.497 e. The van der Waals surface area contributed by atoms with E-state index < -0.39 is 29.7 Å². The fourth-order valence-electron chi connectivity index (χ4n) is 4.25. The van der Waals surface area contributed by atoms with Crippen molar-refractivity contribution in [2.24, 2.45) is 5.73 Å². The maximum absolute atomic E-state index is 12.2. The van der Waals surface area contributed by atoms with Gasteiger partial charge in [0.25, 0.3) is 0 Å². The summed E-state index contributed by atoms with van der Waals surface area (Å²) in [5.41, 5.74) is 7.23. The second-order valence-corrected chi connectivity index (χ2v) is 10.3. The van der Waals surface area contributed by atoms with Crippen LogP contribution in [0.1, 0.15) is 40.5 Å². The van der Waals surface area contributed by atoms with Crippen LogP contribution in [0.15, 0.2) is 59.4 Å². The molecule has 208 valence electrons. The van der Waals surface area contributed by atoms with E-state index in [1.54, 1.807) is 53.0 Å². The minimum atomic E-state index is -0.759. The van der Waals surface area contributed by atoms with Crippen LogP contribution < -0.4 is 21.2 Å². The Balaban J connectivity index is 0.000000216. The van der Waals surface area contributed by atoms with Gasteiger partial charge in [0.1, 0.15) is 23.4 Å². The first-order valence-electron chi connectivity index (χ1n) is 12.8. The highest BCUT2D eigenvalue weighted by Crippen LogP contribution is 2.21. The summed E-state index contributed by atoms with van der Waals surface area (Å²) < 4.78 is 10.3. The van der Waals surface area contributed by atoms with Gasteiger partial charge in [0.15, 0.2) is 5.43 Å². The van der Waals surface area contributed by atoms with Crippen LogP contribution in [0.5, 0.6) is 5.75 Å². The minimum Gasteiger partial charge on any atom is -0.497 e. The second-order valence-electron chi connectivity index (χ2n) is 10.3. The number of nitrogens with two attached hydrogens (primary N) is 1. The summed E-state index contributed by atoms with van der Waals surface area (Å²) >= 11 is 0. The normalized spacial score (nSPS) is 15.6. The smallest absolute Gasteiger partial charge is 0.408 e. The predicted molar refractivity (Wildman–Crippen MR) is 149 cm³/mol. The number of nitrogens with zero attached hydrogens (tertiary/aromatic N) is 1. The number of aromatic nitrogens is 1. The zero-order chi connectivity index (χ0) is 28.7. The van der Waals surface area contributed by atoms with Crippen molar-refractivity contribution < 1.29 is 23.9 Å². The van der Waals surface area contributed by atoms with Crippen LogP contribution in [0.3, 0.4) is 0 Å². The molecule has 1 saturated heterocycles. The molecule has 2 atom stereocenters. The zero-order valence-corrected chi connectivity index (χ0v) is 22.9. The van der Waals surface area contributed by atoms with Gasteiger partial charge in [0.2, 0.25) is 11.8 Å². The molecular weight excluding hydrogens is 500 g/mol. The van der Waals surface area contributed by atoms with Gasteiger partial charge < -0.3 is 30.4 Å². The third-order valence-electron chi connectivity index (χ3n) is 6.09. The number of aromatic amines is 1. The molecule has 0 spiro atoms. The number of carbonyl (C=O) groups is 3. The lowest BCUT2D eigenvalue weighted by Gasteiger charge is -2.27. The van der Waals surface area contributed by atoms with Gasteiger partial charge in [-0.2, -0.15) is 0 Å². The number of hydrogen-bond acceptors (Lipinski definition) is 6. The van der Waals surface area contributed by atoms with Crippen molar-refractivity contribution in [2.45, 2.75) is 58.2 Å². The third kappa shape index (κ3) is 7.83. The Kier molecular flexibility index (Phi) is 9.34. The molecule has 10 nitrogen and oxygen atoms in total. The first-order chi connectivity index (χ1) is 18.4. The highest BCUT2D eigenvalue weighted by Gasteiger charge is 2.35. The standard InChI is InChI=1S/C16H13NO2.C13H23N3O4/c1-19-12-7-8-13-15(9-12)17-14(10-16(13)18)11-5-3-2-4-6-11;1-8(15-12(19)20-13(2,3)4)11(18)16-7-5-6-9(16)10(14)17/h2-10H,1H3,(H,17,18);8-9H,5-7H2,1-4H3,(H2,14,17)(H,15,19)/t;8-,9?/m.0/s1. The average Bonchev–Trinajstić information content (AvgIpc) is 3.38. The summed E-state index contributed by atoms with van der Waals surface area (Å²) in [7, 11) is 1.61. The van der Waals surface area contributed by atoms with Gasteiger partial charge in [0, 0.05) is 29.8 Å². The number of H-pyrrole nitrogens is 1. The Hall–Kier alpha value is -4.34. The number of rotatable bonds is 5. The fraction of sp³-hybridized carbons (Fsp3) is 0.379. The number of hydrogen-bond donors (Lipinski definition) is 3. The van der Waals surface area contributed by atoms with Crippen LogP contribution >= 0.6 is 0 Å². The molecule has 4 N–H and O–H groups in total. The molecule has 2 aromatic carbocycles. The summed E-state index contributed by atoms with van der Waals surface area (Å²) in [6.45, 7) is 7.25. The molecule has 0 radical (unpaired) electrons. The van der Waals surface area contributed by atoms with Gasteiger partial charge in [-0.15, -0.1) is 0 Å². The van der Waals surface area contributed by atoms with E-state index in [1.807, 2.05) is 36.4 Å². The van der Waals surface area contributed by atoms with E-state index in [-0.39, 0.29) is 11.3 Å². The lowest BCUT2D eigenvalue weighted by Crippen LogP contribution is -2.52. The molecule has 1 fully saturated rings. The maximum atomic E-state index is 12.2. The minimum absolute atomic E-state index is 0.00950. The number of nitrogens with one attached hydrogen (secondary N) is 2. The number of alkyl carbamates (subject to hydrolysis) is 1. The summed E-state index contributed by atoms with van der Waals surface area (Å²) in [5.74, 6) is -0.106. The summed E-state index contributed by atoms with van der Waals surface area (Å²) in [4.78, 5) is 51.9. The van der Waals surface area contributed by atoms with Crippen molar-refractivity contribution in [2.75, 3.05) is 13.7 Å². The van der Waals surface area contributed by atoms with Gasteiger partial charge in [0.05, 0.1) is 12.6 Å². The summed E-state index contributed by atoms with van der Waals surface area (Å²) in [6, 6.07) is 15.5. The number of fused-ring (bicyclic) bond motifs is 1. The zero-order valence-electron chi connectivity index (χ0n) is 22.9. The molecule has 10 heteroatoms. The van der Waals surface area contributed by atoms with Crippen molar-refractivity contribution in [1.29, 1.82) is 0 Å². The van der Waals surface area contributed by atoms with Crippen molar-refractivity contribution in [3.8, 4) is 17.0 Å². The Morgan fingerprint density at radius 1 is 1.10 bits per heavy atom. The van der Waals surface area contributed by atoms with E-state index in [0.717, 1.165) is 28.9 Å². The number of ether oxygens (including phenoxy) is 2. The van der Waals surface area contributed by atoms with E-state index in [1.165, 1.54) is 4.90 Å². The van der Waals surface area contributed by atoms with Crippen LogP contribution in [0, 0.1) is 0 Å². The number of amides is 3. The summed E-state index contributed by atoms with van der Waals surface area (Å²) in [5, 5.41) is 3.14. The number of primary amides is 1. The lowest BCUT2D eigenvalue weighted by atomic mass is 10.1. The van der Waals surface area contributed by atoms with Gasteiger partial charge in [-0.25, -0.2) is 4.79 Å². The number of likely N-dealkylation sites (tertiary alicyclic amines) is 1. The van der Waals surface area contributed by atoms with Gasteiger partial charge in [-0.1, -0.05) is 30.3 Å². The van der Waals surface area contributed by atoms with Crippen LogP contribution in [0.4, 0.5) is 4.79 Å². The number of methoxy groups -OCH3 is 1. The lowest BCUT2D eigenvalue weighted by molar-refractivity contribution is -0.138. The quantitative estimate of drug-likeness (QED) is 0.455. The Morgan fingerprint density at radius 2 is 1.79 bits per heavy atom. The first-order valence-corrected chi connectivity index (χ1v) is 12.8. The number of pyridine rings is 1. The van der Waals surface area contributed by atoms with Crippen molar-refractivity contribution in [1.82, 2.24) is 15.2 Å². The van der Waals surface area contributed by atoms with Crippen molar-refractivity contribution in [3.63, 3.8) is 0 Å². The Labute approximate surface area is 227 Å².